The minimum Gasteiger partial charge on any atom is -0.497 e. The van der Waals surface area contributed by atoms with E-state index in [4.69, 9.17) is 28.8 Å². The number of carbonyl (C=O) groups excluding carboxylic acids is 12. The monoisotopic (exact) mass is 1620 g/mol. The van der Waals surface area contributed by atoms with Crippen LogP contribution in [-0.4, -0.2) is 202 Å². The van der Waals surface area contributed by atoms with Crippen LogP contribution in [-0.2, 0) is 117 Å². The van der Waals surface area contributed by atoms with E-state index in [0.717, 1.165) is 11.1 Å². The Balaban J connectivity index is 1.01. The van der Waals surface area contributed by atoms with E-state index in [-0.39, 0.29) is 89.9 Å². The number of hydrogen-bond donors (Lipinski definition) is 10. The second kappa shape index (κ2) is 40.8. The maximum atomic E-state index is 16.2. The Morgan fingerprint density at radius 3 is 2.09 bits per heavy atom. The maximum absolute atomic E-state index is 16.2. The van der Waals surface area contributed by atoms with Crippen LogP contribution < -0.4 is 47.3 Å². The van der Waals surface area contributed by atoms with Gasteiger partial charge >= 0.3 is 18.2 Å². The standard InChI is InChI=1S/C86H108FN11O19/c1-51(92-83(112)115-49-56-16-12-11-13-17-56)75(104)95-68(48-91-82(111)117-85(6,7)8)76(105)93-66-42-57-18-14-19-58(40-57)46-90-71(101)50-114-70-35-39-97(79(108)59(44-69(66)100)43-60-47-89-65-32-27-61(87)45-64(60)65)74(70)78(107)96-73(52(2)116-84(3,4)5)77(106)94-67(41-55-25-30-63(113-10)31-26-55)80(109)98-38-15-36-86(98,9)81(110)88-37-34-54-22-20-53(21-23-54)24-28-62(99)29-33-72(102)103/h11-14,16-23,25-27,30-32,40,45,47,51-52,59,66-68,70,73-74,89H,15,24,28-29,33-39,41-44,46,48-50H2,1-10H3,(H,88,110)(H,90,101)(H,91,111)(H,92,112)(H,93,105)(H,94,106)(H,95,104)(H,96,107)(H,102,103)/t51-,52+,59+,66-,67-,68+,70-,73-,74-,86-/m0/s1. The van der Waals surface area contributed by atoms with E-state index in [0.29, 0.717) is 63.7 Å². The van der Waals surface area contributed by atoms with Gasteiger partial charge in [0.05, 0.1) is 43.9 Å². The Hall–Kier alpha value is -11.6. The molecule has 0 saturated carbocycles. The molecule has 0 radical (unpaired) electrons. The molecule has 10 atom stereocenters. The van der Waals surface area contributed by atoms with Crippen molar-refractivity contribution < 1.29 is 95.5 Å². The average Bonchev–Trinajstić information content (AvgIpc) is 1.66. The Morgan fingerprint density at radius 1 is 0.709 bits per heavy atom. The van der Waals surface area contributed by atoms with Gasteiger partial charge in [-0.1, -0.05) is 91.0 Å². The molecule has 0 aliphatic carbocycles. The van der Waals surface area contributed by atoms with E-state index in [1.54, 1.807) is 140 Å². The summed E-state index contributed by atoms with van der Waals surface area (Å²) in [6.07, 6.45) is -2.83. The number of methoxy groups -OCH3 is 1. The number of H-pyrrole nitrogens is 1. The fourth-order valence-electron chi connectivity index (χ4n) is 14.5. The first-order valence-electron chi connectivity index (χ1n) is 39.4. The fourth-order valence-corrected chi connectivity index (χ4v) is 14.5. The lowest BCUT2D eigenvalue weighted by atomic mass is 9.88. The topological polar surface area (TPSA) is 407 Å². The van der Waals surface area contributed by atoms with Crippen LogP contribution in [0.5, 0.6) is 5.75 Å². The van der Waals surface area contributed by atoms with Gasteiger partial charge in [-0.15, -0.1) is 0 Å². The van der Waals surface area contributed by atoms with Crippen LogP contribution >= 0.6 is 0 Å². The highest BCUT2D eigenvalue weighted by Gasteiger charge is 2.50. The molecule has 3 aliphatic heterocycles. The minimum absolute atomic E-state index is 0.0443. The van der Waals surface area contributed by atoms with E-state index >= 15 is 33.2 Å². The summed E-state index contributed by atoms with van der Waals surface area (Å²) in [5, 5.41) is 31.2. The normalized spacial score (nSPS) is 19.3. The van der Waals surface area contributed by atoms with Crippen LogP contribution in [0.3, 0.4) is 0 Å². The predicted molar refractivity (Wildman–Crippen MR) is 428 cm³/mol. The van der Waals surface area contributed by atoms with Crippen LogP contribution in [0, 0.1) is 11.7 Å². The van der Waals surface area contributed by atoms with Crippen molar-refractivity contribution in [1.82, 2.24) is 57.3 Å². The summed E-state index contributed by atoms with van der Waals surface area (Å²) in [6, 6.07) is 24.5. The summed E-state index contributed by atoms with van der Waals surface area (Å²) in [5.41, 5.74) is 1.46. The quantitative estimate of drug-likeness (QED) is 0.0218. The third kappa shape index (κ3) is 26.2. The van der Waals surface area contributed by atoms with E-state index in [9.17, 15) is 33.6 Å². The number of rotatable bonds is 31. The molecule has 628 valence electrons. The zero-order chi connectivity index (χ0) is 84.9. The zero-order valence-electron chi connectivity index (χ0n) is 67.8. The smallest absolute Gasteiger partial charge is 0.408 e. The first kappa shape index (κ1) is 89.3. The number of ketones is 2. The Labute approximate surface area is 679 Å². The largest absolute Gasteiger partial charge is 0.497 e. The SMILES string of the molecule is COc1ccc(C[C@H](NC(=O)[C@@H](NC(=O)[C@@H]2[C@@H]3CCN2C(=O)[C@H](Cc2c[nH]c4ccc(F)cc24)CC(=O)[C@@H](NC(=O)[C@@H](CNC(=O)OC(C)(C)C)NC(=O)[C@H](C)NC(=O)OCc2ccccc2)Cc2cccc(c2)CNC(=O)CO3)[C@@H](C)OC(C)(C)C)C(=O)N2CCC[C@@]2(C)C(=O)NCCc2ccc(CCC(=O)CCC(=O)O)cc2)cc1. The van der Waals surface area contributed by atoms with Gasteiger partial charge in [-0.2, -0.15) is 0 Å². The molecule has 5 aromatic carbocycles. The Bertz CT molecular complexity index is 4550. The molecular formula is C86H108FN11O19. The van der Waals surface area contributed by atoms with Crippen LogP contribution in [0.25, 0.3) is 10.9 Å². The van der Waals surface area contributed by atoms with Gasteiger partial charge in [0.25, 0.3) is 0 Å². The molecule has 0 spiro atoms. The number of nitrogens with one attached hydrogen (secondary N) is 9. The lowest BCUT2D eigenvalue weighted by Crippen LogP contribution is -2.64. The maximum Gasteiger partial charge on any atom is 0.408 e. The molecule has 3 aliphatic rings. The number of ether oxygens (including phenoxy) is 5. The van der Waals surface area contributed by atoms with E-state index in [2.05, 4.69) is 47.5 Å². The highest BCUT2D eigenvalue weighted by molar-refractivity contribution is 6.00. The number of aliphatic carboxylic acids is 1. The highest BCUT2D eigenvalue weighted by Crippen LogP contribution is 2.33. The lowest BCUT2D eigenvalue weighted by Gasteiger charge is -2.37. The first-order valence-corrected chi connectivity index (χ1v) is 39.4. The second-order valence-corrected chi connectivity index (χ2v) is 32.1. The van der Waals surface area contributed by atoms with Gasteiger partial charge in [-0.25, -0.2) is 14.0 Å². The molecule has 0 unspecified atom stereocenters. The number of carbonyl (C=O) groups is 13. The third-order valence-corrected chi connectivity index (χ3v) is 20.6. The molecule has 9 rings (SSSR count). The summed E-state index contributed by atoms with van der Waals surface area (Å²) < 4.78 is 44.3. The van der Waals surface area contributed by atoms with Gasteiger partial charge in [0, 0.05) is 74.9 Å². The number of alkyl carbamates (subject to hydrolysis) is 2. The summed E-state index contributed by atoms with van der Waals surface area (Å²) in [4.78, 5) is 192. The number of nitrogens with zero attached hydrogens (tertiary/aromatic N) is 2. The minimum atomic E-state index is -1.68. The molecule has 4 heterocycles. The lowest BCUT2D eigenvalue weighted by molar-refractivity contribution is -0.150. The first-order chi connectivity index (χ1) is 55.5. The fraction of sp³-hybridized carbons (Fsp3) is 0.477. The van der Waals surface area contributed by atoms with Crippen molar-refractivity contribution in [3.63, 3.8) is 0 Å². The number of fused-ring (bicyclic) bond motifs is 5. The number of carboxylic acids is 1. The van der Waals surface area contributed by atoms with Crippen molar-refractivity contribution in [1.29, 1.82) is 0 Å². The van der Waals surface area contributed by atoms with E-state index in [1.165, 1.54) is 42.0 Å². The van der Waals surface area contributed by atoms with Gasteiger partial charge in [0.2, 0.25) is 47.3 Å². The van der Waals surface area contributed by atoms with Crippen molar-refractivity contribution in [2.24, 2.45) is 5.92 Å². The predicted octanol–water partition coefficient (Wildman–Crippen LogP) is 6.62. The number of amides is 10. The molecule has 2 fully saturated rings. The van der Waals surface area contributed by atoms with E-state index < -0.39 is 168 Å². The van der Waals surface area contributed by atoms with Gasteiger partial charge in [-0.05, 0) is 177 Å². The average molecular weight is 1620 g/mol. The number of Topliss-reactive ketones (excluding diaryl/α,β-unsaturated/α-hetero) is 2. The molecule has 30 nitrogen and oxygen atoms in total. The van der Waals surface area contributed by atoms with Crippen LogP contribution in [0.2, 0.25) is 0 Å². The highest BCUT2D eigenvalue weighted by atomic mass is 19.1. The number of likely N-dealkylation sites (tertiary alicyclic amines) is 1. The number of aromatic amines is 1. The molecule has 4 bridgehead atoms. The van der Waals surface area contributed by atoms with Gasteiger partial charge < -0.3 is 86.1 Å². The molecule has 2 saturated heterocycles. The van der Waals surface area contributed by atoms with Crippen LogP contribution in [0.4, 0.5) is 14.0 Å². The third-order valence-electron chi connectivity index (χ3n) is 20.6. The van der Waals surface area contributed by atoms with Crippen LogP contribution in [0.1, 0.15) is 146 Å². The van der Waals surface area contributed by atoms with Gasteiger partial charge in [-0.3, -0.25) is 52.7 Å². The van der Waals surface area contributed by atoms with Crippen molar-refractivity contribution in [2.75, 3.05) is 39.9 Å². The molecule has 10 N–H and O–H groups in total. The van der Waals surface area contributed by atoms with Crippen molar-refractivity contribution >= 4 is 87.9 Å². The second-order valence-electron chi connectivity index (χ2n) is 32.1. The Morgan fingerprint density at radius 2 is 1.40 bits per heavy atom. The Kier molecular flexibility index (Phi) is 31.2. The summed E-state index contributed by atoms with van der Waals surface area (Å²) in [7, 11) is 1.49. The van der Waals surface area contributed by atoms with Crippen LogP contribution in [0.15, 0.2) is 128 Å². The summed E-state index contributed by atoms with van der Waals surface area (Å²) in [5.74, 6) is -9.81. The number of hydrogen-bond acceptors (Lipinski definition) is 18. The zero-order valence-corrected chi connectivity index (χ0v) is 67.8. The van der Waals surface area contributed by atoms with Crippen molar-refractivity contribution in [3.05, 3.63) is 172 Å². The summed E-state index contributed by atoms with van der Waals surface area (Å²) >= 11 is 0. The molecule has 31 heteroatoms. The number of halogens is 1. The molecule has 1 aromatic heterocycles. The number of benzene rings is 5. The van der Waals surface area contributed by atoms with Gasteiger partial charge in [0.15, 0.2) is 5.78 Å². The van der Waals surface area contributed by atoms with Crippen molar-refractivity contribution in [3.8, 4) is 5.75 Å². The molecule has 10 amide bonds. The molecule has 6 aromatic rings. The molecular weight excluding hydrogens is 1510 g/mol. The number of carboxylic acid groups (broad SMARTS) is 1. The summed E-state index contributed by atoms with van der Waals surface area (Å²) in [6.45, 7) is 13.2. The van der Waals surface area contributed by atoms with Crippen molar-refractivity contribution in [2.45, 2.75) is 218 Å². The van der Waals surface area contributed by atoms with Gasteiger partial charge in [0.1, 0.15) is 71.9 Å². The number of aryl methyl sites for hydroxylation is 1. The number of aromatic nitrogens is 1. The van der Waals surface area contributed by atoms with E-state index in [1.807, 2.05) is 24.3 Å². The molecule has 117 heavy (non-hydrogen) atoms.